The van der Waals surface area contributed by atoms with Crippen LogP contribution in [0.4, 0.5) is 11.5 Å². The number of ether oxygens (including phenoxy) is 2. The average molecular weight is 327 g/mol. The number of aromatic nitrogens is 3. The number of aryl methyl sites for hydroxylation is 1. The Morgan fingerprint density at radius 2 is 1.96 bits per heavy atom. The minimum absolute atomic E-state index is 0.0703. The fourth-order valence-corrected chi connectivity index (χ4v) is 3.16. The van der Waals surface area contributed by atoms with Crippen LogP contribution in [0.5, 0.6) is 0 Å². The molecule has 126 valence electrons. The molecule has 2 saturated heterocycles. The SMILES string of the molecule is Cc1cc(N2C[C@@H]3OCC(Nc4cccnc4)CO[C@H]3C2)ncn1. The van der Waals surface area contributed by atoms with E-state index in [2.05, 4.69) is 25.2 Å². The van der Waals surface area contributed by atoms with E-state index < -0.39 is 0 Å². The Morgan fingerprint density at radius 3 is 2.62 bits per heavy atom. The van der Waals surface area contributed by atoms with Crippen molar-refractivity contribution in [3.8, 4) is 0 Å². The summed E-state index contributed by atoms with van der Waals surface area (Å²) < 4.78 is 12.2. The zero-order valence-electron chi connectivity index (χ0n) is 13.6. The van der Waals surface area contributed by atoms with Gasteiger partial charge >= 0.3 is 0 Å². The number of hydrogen-bond donors (Lipinski definition) is 1. The summed E-state index contributed by atoms with van der Waals surface area (Å²) in [5.41, 5.74) is 1.95. The van der Waals surface area contributed by atoms with Crippen LogP contribution in [-0.4, -0.2) is 59.5 Å². The van der Waals surface area contributed by atoms with E-state index in [9.17, 15) is 0 Å². The molecular formula is C17H21N5O2. The lowest BCUT2D eigenvalue weighted by atomic mass is 10.3. The van der Waals surface area contributed by atoms with Gasteiger partial charge in [0.1, 0.15) is 24.4 Å². The molecule has 0 amide bonds. The molecule has 1 N–H and O–H groups in total. The van der Waals surface area contributed by atoms with E-state index in [-0.39, 0.29) is 18.2 Å². The summed E-state index contributed by atoms with van der Waals surface area (Å²) in [6.07, 6.45) is 5.32. The van der Waals surface area contributed by atoms with E-state index >= 15 is 0 Å². The number of anilines is 2. The number of hydrogen-bond acceptors (Lipinski definition) is 7. The van der Waals surface area contributed by atoms with Crippen molar-refractivity contribution in [1.29, 1.82) is 0 Å². The molecule has 2 fully saturated rings. The van der Waals surface area contributed by atoms with Crippen molar-refractivity contribution in [2.75, 3.05) is 36.5 Å². The van der Waals surface area contributed by atoms with Crippen LogP contribution in [0.15, 0.2) is 36.9 Å². The molecule has 7 nitrogen and oxygen atoms in total. The van der Waals surface area contributed by atoms with Gasteiger partial charge in [-0.2, -0.15) is 0 Å². The molecular weight excluding hydrogens is 306 g/mol. The molecule has 2 atom stereocenters. The number of pyridine rings is 1. The van der Waals surface area contributed by atoms with Crippen LogP contribution in [-0.2, 0) is 9.47 Å². The van der Waals surface area contributed by atoms with Gasteiger partial charge in [-0.3, -0.25) is 4.98 Å². The largest absolute Gasteiger partial charge is 0.376 e. The van der Waals surface area contributed by atoms with Crippen molar-refractivity contribution in [2.45, 2.75) is 25.2 Å². The van der Waals surface area contributed by atoms with Gasteiger partial charge in [-0.1, -0.05) is 0 Å². The quantitative estimate of drug-likeness (QED) is 0.910. The minimum Gasteiger partial charge on any atom is -0.376 e. The van der Waals surface area contributed by atoms with E-state index in [1.807, 2.05) is 31.3 Å². The van der Waals surface area contributed by atoms with Crippen LogP contribution < -0.4 is 10.2 Å². The third kappa shape index (κ3) is 3.32. The molecule has 0 bridgehead atoms. The second-order valence-corrected chi connectivity index (χ2v) is 6.25. The van der Waals surface area contributed by atoms with E-state index in [0.717, 1.165) is 30.3 Å². The lowest BCUT2D eigenvalue weighted by Crippen LogP contribution is -2.31. The van der Waals surface area contributed by atoms with Gasteiger partial charge < -0.3 is 19.7 Å². The van der Waals surface area contributed by atoms with Gasteiger partial charge in [-0.15, -0.1) is 0 Å². The van der Waals surface area contributed by atoms with Crippen LogP contribution in [0.25, 0.3) is 0 Å². The first-order chi connectivity index (χ1) is 11.8. The Labute approximate surface area is 141 Å². The zero-order chi connectivity index (χ0) is 16.4. The molecule has 0 radical (unpaired) electrons. The van der Waals surface area contributed by atoms with Crippen LogP contribution in [0.1, 0.15) is 5.69 Å². The predicted octanol–water partition coefficient (Wildman–Crippen LogP) is 1.26. The van der Waals surface area contributed by atoms with Crippen molar-refractivity contribution < 1.29 is 9.47 Å². The number of rotatable bonds is 3. The molecule has 0 spiro atoms. The molecule has 2 aliphatic rings. The van der Waals surface area contributed by atoms with Crippen molar-refractivity contribution in [3.63, 3.8) is 0 Å². The van der Waals surface area contributed by atoms with Gasteiger partial charge in [0.25, 0.3) is 0 Å². The smallest absolute Gasteiger partial charge is 0.132 e. The first kappa shape index (κ1) is 15.3. The second-order valence-electron chi connectivity index (χ2n) is 6.25. The topological polar surface area (TPSA) is 72.4 Å². The maximum atomic E-state index is 6.10. The summed E-state index contributed by atoms with van der Waals surface area (Å²) >= 11 is 0. The third-order valence-electron chi connectivity index (χ3n) is 4.38. The first-order valence-corrected chi connectivity index (χ1v) is 8.21. The van der Waals surface area contributed by atoms with Crippen molar-refractivity contribution in [3.05, 3.63) is 42.6 Å². The highest BCUT2D eigenvalue weighted by Gasteiger charge is 2.38. The number of nitrogens with zero attached hydrogens (tertiary/aromatic N) is 4. The second kappa shape index (κ2) is 6.70. The molecule has 0 saturated carbocycles. The summed E-state index contributed by atoms with van der Waals surface area (Å²) in [7, 11) is 0. The molecule has 0 aliphatic carbocycles. The Hall–Kier alpha value is -2.25. The molecule has 4 heterocycles. The van der Waals surface area contributed by atoms with E-state index in [4.69, 9.17) is 9.47 Å². The van der Waals surface area contributed by atoms with Crippen LogP contribution in [0, 0.1) is 6.92 Å². The summed E-state index contributed by atoms with van der Waals surface area (Å²) in [6, 6.07) is 6.04. The molecule has 2 aromatic heterocycles. The van der Waals surface area contributed by atoms with E-state index in [1.165, 1.54) is 0 Å². The van der Waals surface area contributed by atoms with Gasteiger partial charge in [0.05, 0.1) is 24.9 Å². The summed E-state index contributed by atoms with van der Waals surface area (Å²) in [5, 5.41) is 3.41. The highest BCUT2D eigenvalue weighted by Crippen LogP contribution is 2.25. The van der Waals surface area contributed by atoms with Crippen molar-refractivity contribution in [2.24, 2.45) is 0 Å². The number of nitrogens with one attached hydrogen (secondary N) is 1. The summed E-state index contributed by atoms with van der Waals surface area (Å²) in [5.74, 6) is 0.938. The fraction of sp³-hybridized carbons (Fsp3) is 0.471. The maximum Gasteiger partial charge on any atom is 0.132 e. The normalized spacial score (nSPS) is 24.5. The minimum atomic E-state index is 0.0703. The van der Waals surface area contributed by atoms with Crippen molar-refractivity contribution in [1.82, 2.24) is 15.0 Å². The van der Waals surface area contributed by atoms with E-state index in [1.54, 1.807) is 12.5 Å². The maximum absolute atomic E-state index is 6.10. The standard InChI is InChI=1S/C17H21N5O2/c1-12-5-17(20-11-19-12)22-7-15-16(8-22)24-10-14(9-23-15)21-13-3-2-4-18-6-13/h2-6,11,14-16,21H,7-10H2,1H3/t15-,16-/m0/s1. The Morgan fingerprint density at radius 1 is 1.17 bits per heavy atom. The van der Waals surface area contributed by atoms with E-state index in [0.29, 0.717) is 13.2 Å². The van der Waals surface area contributed by atoms with Gasteiger partial charge in [0.15, 0.2) is 0 Å². The average Bonchev–Trinajstić information content (AvgIpc) is 2.93. The highest BCUT2D eigenvalue weighted by atomic mass is 16.6. The summed E-state index contributed by atoms with van der Waals surface area (Å²) in [6.45, 7) is 4.79. The monoisotopic (exact) mass is 327 g/mol. The van der Waals surface area contributed by atoms with Crippen LogP contribution >= 0.6 is 0 Å². The Balaban J connectivity index is 1.37. The van der Waals surface area contributed by atoms with Crippen LogP contribution in [0.3, 0.4) is 0 Å². The van der Waals surface area contributed by atoms with Gasteiger partial charge in [-0.05, 0) is 19.1 Å². The fourth-order valence-electron chi connectivity index (χ4n) is 3.16. The van der Waals surface area contributed by atoms with Gasteiger partial charge in [0, 0.05) is 37.2 Å². The highest BCUT2D eigenvalue weighted by molar-refractivity contribution is 5.42. The van der Waals surface area contributed by atoms with Gasteiger partial charge in [-0.25, -0.2) is 9.97 Å². The van der Waals surface area contributed by atoms with Gasteiger partial charge in [0.2, 0.25) is 0 Å². The number of fused-ring (bicyclic) bond motifs is 1. The van der Waals surface area contributed by atoms with Crippen LogP contribution in [0.2, 0.25) is 0 Å². The molecule has 24 heavy (non-hydrogen) atoms. The third-order valence-corrected chi connectivity index (χ3v) is 4.38. The molecule has 2 aliphatic heterocycles. The first-order valence-electron chi connectivity index (χ1n) is 8.21. The lowest BCUT2D eigenvalue weighted by Gasteiger charge is -2.20. The molecule has 0 aromatic carbocycles. The zero-order valence-corrected chi connectivity index (χ0v) is 13.6. The predicted molar refractivity (Wildman–Crippen MR) is 90.1 cm³/mol. The van der Waals surface area contributed by atoms with Crippen molar-refractivity contribution >= 4 is 11.5 Å². The Bertz CT molecular complexity index is 668. The molecule has 2 aromatic rings. The lowest BCUT2D eigenvalue weighted by molar-refractivity contribution is -0.00461. The molecule has 0 unspecified atom stereocenters. The Kier molecular flexibility index (Phi) is 4.27. The summed E-state index contributed by atoms with van der Waals surface area (Å²) in [4.78, 5) is 14.8. The molecule has 4 rings (SSSR count). The molecule has 7 heteroatoms.